The number of aromatic nitrogens is 1. The van der Waals surface area contributed by atoms with Crippen LogP contribution in [-0.4, -0.2) is 4.98 Å². The highest BCUT2D eigenvalue weighted by molar-refractivity contribution is 6.10. The summed E-state index contributed by atoms with van der Waals surface area (Å²) in [5.41, 5.74) is 7.25. The Morgan fingerprint density at radius 2 is 1.30 bits per heavy atom. The normalized spacial score (nSPS) is 11.1. The van der Waals surface area contributed by atoms with E-state index in [2.05, 4.69) is 103 Å². The molecule has 146 valence electrons. The van der Waals surface area contributed by atoms with Gasteiger partial charge in [0.15, 0.2) is 0 Å². The van der Waals surface area contributed by atoms with Gasteiger partial charge in [-0.25, -0.2) is 0 Å². The molecule has 0 saturated carbocycles. The van der Waals surface area contributed by atoms with Gasteiger partial charge in [-0.05, 0) is 64.2 Å². The van der Waals surface area contributed by atoms with Crippen LogP contribution in [0.25, 0.3) is 32.7 Å². The van der Waals surface area contributed by atoms with Crippen LogP contribution in [0.2, 0.25) is 0 Å². The van der Waals surface area contributed by atoms with Crippen molar-refractivity contribution in [3.63, 3.8) is 0 Å². The predicted molar refractivity (Wildman–Crippen MR) is 128 cm³/mol. The van der Waals surface area contributed by atoms with Gasteiger partial charge in [-0.3, -0.25) is 4.98 Å². The van der Waals surface area contributed by atoms with Gasteiger partial charge in [0.05, 0.1) is 12.2 Å². The van der Waals surface area contributed by atoms with E-state index in [0.29, 0.717) is 6.54 Å². The lowest BCUT2D eigenvalue weighted by molar-refractivity contribution is 1.02. The predicted octanol–water partition coefficient (Wildman–Crippen LogP) is 7.28. The van der Waals surface area contributed by atoms with E-state index >= 15 is 0 Å². The average Bonchev–Trinajstić information content (AvgIpc) is 2.78. The van der Waals surface area contributed by atoms with E-state index in [-0.39, 0.29) is 0 Å². The lowest BCUT2D eigenvalue weighted by atomic mass is 9.89. The summed E-state index contributed by atoms with van der Waals surface area (Å²) in [6, 6.07) is 30.2. The van der Waals surface area contributed by atoms with Crippen LogP contribution in [0, 0.1) is 13.8 Å². The summed E-state index contributed by atoms with van der Waals surface area (Å²) in [6.07, 6.45) is 1.86. The second kappa shape index (κ2) is 7.64. The number of nitrogens with zero attached hydrogens (tertiary/aromatic N) is 1. The number of rotatable bonds is 4. The number of aryl methyl sites for hydroxylation is 2. The second-order valence-corrected chi connectivity index (χ2v) is 7.81. The number of pyridine rings is 1. The van der Waals surface area contributed by atoms with E-state index in [4.69, 9.17) is 0 Å². The molecule has 1 heterocycles. The maximum Gasteiger partial charge on any atom is 0.0623 e. The fraction of sp³-hybridized carbons (Fsp3) is 0.107. The highest BCUT2D eigenvalue weighted by Crippen LogP contribution is 2.41. The third-order valence-electron chi connectivity index (χ3n) is 5.88. The molecule has 0 spiro atoms. The van der Waals surface area contributed by atoms with Gasteiger partial charge in [-0.15, -0.1) is 0 Å². The Kier molecular flexibility index (Phi) is 4.68. The molecule has 5 aromatic rings. The molecule has 0 saturated heterocycles. The fourth-order valence-electron chi connectivity index (χ4n) is 4.28. The summed E-state index contributed by atoms with van der Waals surface area (Å²) in [4.78, 5) is 4.56. The van der Waals surface area contributed by atoms with Gasteiger partial charge in [-0.1, -0.05) is 72.8 Å². The first kappa shape index (κ1) is 18.4. The molecule has 0 aliphatic heterocycles. The third kappa shape index (κ3) is 3.21. The van der Waals surface area contributed by atoms with Crippen LogP contribution >= 0.6 is 0 Å². The molecule has 2 nitrogen and oxygen atoms in total. The zero-order valence-corrected chi connectivity index (χ0v) is 17.3. The Balaban J connectivity index is 1.74. The maximum absolute atomic E-state index is 4.56. The van der Waals surface area contributed by atoms with Crippen molar-refractivity contribution in [2.75, 3.05) is 5.32 Å². The molecule has 4 aromatic carbocycles. The molecule has 0 atom stereocenters. The van der Waals surface area contributed by atoms with Crippen molar-refractivity contribution < 1.29 is 0 Å². The first-order valence-corrected chi connectivity index (χ1v) is 10.4. The van der Waals surface area contributed by atoms with Gasteiger partial charge in [0, 0.05) is 17.4 Å². The maximum atomic E-state index is 4.56. The standard InChI is InChI=1S/C28H24N2/c1-19-8-7-17-29-26(19)18-30-25-16-15-22-10-4-6-12-24(22)28(25)27-20(2)13-14-21-9-3-5-11-23(21)27/h3-17,30H,18H2,1-2H3. The molecule has 0 unspecified atom stereocenters. The van der Waals surface area contributed by atoms with E-state index in [9.17, 15) is 0 Å². The fourth-order valence-corrected chi connectivity index (χ4v) is 4.28. The van der Waals surface area contributed by atoms with Gasteiger partial charge < -0.3 is 5.32 Å². The Morgan fingerprint density at radius 3 is 2.03 bits per heavy atom. The van der Waals surface area contributed by atoms with Crippen molar-refractivity contribution in [3.05, 3.63) is 108 Å². The van der Waals surface area contributed by atoms with E-state index in [1.54, 1.807) is 0 Å². The van der Waals surface area contributed by atoms with Crippen LogP contribution in [0.4, 0.5) is 5.69 Å². The smallest absolute Gasteiger partial charge is 0.0623 e. The summed E-state index contributed by atoms with van der Waals surface area (Å²) in [5, 5.41) is 8.75. The van der Waals surface area contributed by atoms with Crippen molar-refractivity contribution >= 4 is 27.2 Å². The lowest BCUT2D eigenvalue weighted by Crippen LogP contribution is -2.05. The molecule has 30 heavy (non-hydrogen) atoms. The van der Waals surface area contributed by atoms with E-state index in [0.717, 1.165) is 11.4 Å². The number of hydrogen-bond donors (Lipinski definition) is 1. The summed E-state index contributed by atoms with van der Waals surface area (Å²) in [5.74, 6) is 0. The largest absolute Gasteiger partial charge is 0.379 e. The Morgan fingerprint density at radius 1 is 0.633 bits per heavy atom. The Labute approximate surface area is 177 Å². The van der Waals surface area contributed by atoms with Crippen molar-refractivity contribution in [1.29, 1.82) is 0 Å². The van der Waals surface area contributed by atoms with Crippen molar-refractivity contribution in [2.24, 2.45) is 0 Å². The first-order chi connectivity index (χ1) is 14.7. The molecule has 2 heteroatoms. The summed E-state index contributed by atoms with van der Waals surface area (Å²) in [7, 11) is 0. The molecule has 1 N–H and O–H groups in total. The highest BCUT2D eigenvalue weighted by Gasteiger charge is 2.15. The summed E-state index contributed by atoms with van der Waals surface area (Å²) in [6.45, 7) is 5.01. The Hall–Kier alpha value is -3.65. The molecular weight excluding hydrogens is 364 g/mol. The molecule has 0 bridgehead atoms. The van der Waals surface area contributed by atoms with Crippen LogP contribution in [0.1, 0.15) is 16.8 Å². The van der Waals surface area contributed by atoms with Crippen molar-refractivity contribution in [2.45, 2.75) is 20.4 Å². The van der Waals surface area contributed by atoms with Crippen LogP contribution in [-0.2, 0) is 6.54 Å². The van der Waals surface area contributed by atoms with Crippen molar-refractivity contribution in [3.8, 4) is 11.1 Å². The van der Waals surface area contributed by atoms with Gasteiger partial charge in [0.2, 0.25) is 0 Å². The van der Waals surface area contributed by atoms with Gasteiger partial charge >= 0.3 is 0 Å². The number of fused-ring (bicyclic) bond motifs is 2. The van der Waals surface area contributed by atoms with Gasteiger partial charge in [0.25, 0.3) is 0 Å². The molecule has 0 fully saturated rings. The molecule has 0 amide bonds. The number of nitrogens with one attached hydrogen (secondary N) is 1. The molecule has 1 aromatic heterocycles. The minimum atomic E-state index is 0.696. The summed E-state index contributed by atoms with van der Waals surface area (Å²) < 4.78 is 0. The van der Waals surface area contributed by atoms with Crippen molar-refractivity contribution in [1.82, 2.24) is 4.98 Å². The van der Waals surface area contributed by atoms with Gasteiger partial charge in [-0.2, -0.15) is 0 Å². The molecule has 5 rings (SSSR count). The number of benzene rings is 4. The van der Waals surface area contributed by atoms with E-state index in [1.807, 2.05) is 12.3 Å². The van der Waals surface area contributed by atoms with Crippen LogP contribution < -0.4 is 5.32 Å². The molecule has 0 aliphatic carbocycles. The third-order valence-corrected chi connectivity index (χ3v) is 5.88. The topological polar surface area (TPSA) is 24.9 Å². The zero-order valence-electron chi connectivity index (χ0n) is 17.3. The number of hydrogen-bond acceptors (Lipinski definition) is 2. The zero-order chi connectivity index (χ0) is 20.5. The van der Waals surface area contributed by atoms with E-state index < -0.39 is 0 Å². The van der Waals surface area contributed by atoms with Crippen LogP contribution in [0.3, 0.4) is 0 Å². The minimum Gasteiger partial charge on any atom is -0.379 e. The van der Waals surface area contributed by atoms with Crippen LogP contribution in [0.5, 0.6) is 0 Å². The average molecular weight is 389 g/mol. The molecule has 0 radical (unpaired) electrons. The molecular formula is C28H24N2. The summed E-state index contributed by atoms with van der Waals surface area (Å²) >= 11 is 0. The lowest BCUT2D eigenvalue weighted by Gasteiger charge is -2.19. The second-order valence-electron chi connectivity index (χ2n) is 7.81. The van der Waals surface area contributed by atoms with E-state index in [1.165, 1.54) is 43.8 Å². The minimum absolute atomic E-state index is 0.696. The quantitative estimate of drug-likeness (QED) is 0.350. The van der Waals surface area contributed by atoms with Gasteiger partial charge in [0.1, 0.15) is 0 Å². The Bertz CT molecular complexity index is 1370. The highest BCUT2D eigenvalue weighted by atomic mass is 14.9. The first-order valence-electron chi connectivity index (χ1n) is 10.4. The number of anilines is 1. The molecule has 0 aliphatic rings. The van der Waals surface area contributed by atoms with Crippen LogP contribution in [0.15, 0.2) is 91.1 Å². The SMILES string of the molecule is Cc1cccnc1CNc1ccc2ccccc2c1-c1c(C)ccc2ccccc12. The monoisotopic (exact) mass is 388 g/mol.